The number of hydrogen-bond acceptors (Lipinski definition) is 3. The van der Waals surface area contributed by atoms with Gasteiger partial charge in [0, 0.05) is 5.56 Å². The molecule has 0 aliphatic rings. The van der Waals surface area contributed by atoms with Gasteiger partial charge in [-0.2, -0.15) is 0 Å². The fourth-order valence-electron chi connectivity index (χ4n) is 1.06. The SMILES string of the molecule is OCC(O)C(O)c1cccc(Cl)c1F. The van der Waals surface area contributed by atoms with Crippen LogP contribution in [0.25, 0.3) is 0 Å². The van der Waals surface area contributed by atoms with Crippen molar-refractivity contribution in [2.24, 2.45) is 0 Å². The van der Waals surface area contributed by atoms with Crippen LogP contribution in [-0.4, -0.2) is 28.0 Å². The maximum Gasteiger partial charge on any atom is 0.147 e. The van der Waals surface area contributed by atoms with E-state index in [9.17, 15) is 9.50 Å². The summed E-state index contributed by atoms with van der Waals surface area (Å²) >= 11 is 5.48. The Morgan fingerprint density at radius 3 is 2.57 bits per heavy atom. The Labute approximate surface area is 85.4 Å². The maximum atomic E-state index is 13.3. The Kier molecular flexibility index (Phi) is 3.83. The van der Waals surface area contributed by atoms with Crippen LogP contribution in [-0.2, 0) is 0 Å². The third-order valence-corrected chi connectivity index (χ3v) is 2.14. The third kappa shape index (κ3) is 2.22. The van der Waals surface area contributed by atoms with E-state index in [1.54, 1.807) is 0 Å². The van der Waals surface area contributed by atoms with Crippen molar-refractivity contribution in [1.29, 1.82) is 0 Å². The molecule has 0 spiro atoms. The number of hydrogen-bond donors (Lipinski definition) is 3. The van der Waals surface area contributed by atoms with Gasteiger partial charge in [-0.25, -0.2) is 4.39 Å². The molecule has 0 aliphatic heterocycles. The van der Waals surface area contributed by atoms with Gasteiger partial charge in [-0.3, -0.25) is 0 Å². The first-order valence-corrected chi connectivity index (χ1v) is 4.36. The summed E-state index contributed by atoms with van der Waals surface area (Å²) < 4.78 is 13.3. The molecule has 0 bridgehead atoms. The average Bonchev–Trinajstić information content (AvgIpc) is 2.20. The van der Waals surface area contributed by atoms with Crippen LogP contribution in [0.4, 0.5) is 4.39 Å². The van der Waals surface area contributed by atoms with Gasteiger partial charge in [0.25, 0.3) is 0 Å². The molecule has 1 aromatic rings. The average molecular weight is 221 g/mol. The monoisotopic (exact) mass is 220 g/mol. The summed E-state index contributed by atoms with van der Waals surface area (Å²) in [4.78, 5) is 0. The van der Waals surface area contributed by atoms with Crippen LogP contribution < -0.4 is 0 Å². The Hall–Kier alpha value is -0.680. The molecule has 3 N–H and O–H groups in total. The molecule has 0 heterocycles. The molecule has 1 aromatic carbocycles. The first-order valence-electron chi connectivity index (χ1n) is 3.98. The van der Waals surface area contributed by atoms with Crippen molar-refractivity contribution >= 4 is 11.6 Å². The summed E-state index contributed by atoms with van der Waals surface area (Å²) in [6.07, 6.45) is -2.89. The molecule has 0 radical (unpaired) electrons. The Morgan fingerprint density at radius 2 is 2.00 bits per heavy atom. The van der Waals surface area contributed by atoms with E-state index >= 15 is 0 Å². The number of aliphatic hydroxyl groups is 3. The molecular weight excluding hydrogens is 211 g/mol. The third-order valence-electron chi connectivity index (χ3n) is 1.85. The minimum Gasteiger partial charge on any atom is -0.394 e. The fourth-order valence-corrected chi connectivity index (χ4v) is 1.24. The minimum absolute atomic E-state index is 0.126. The van der Waals surface area contributed by atoms with E-state index in [2.05, 4.69) is 0 Å². The molecule has 1 rings (SSSR count). The quantitative estimate of drug-likeness (QED) is 0.708. The molecule has 3 nitrogen and oxygen atoms in total. The minimum atomic E-state index is -1.47. The van der Waals surface area contributed by atoms with Crippen molar-refractivity contribution in [3.63, 3.8) is 0 Å². The first-order chi connectivity index (χ1) is 6.57. The Morgan fingerprint density at radius 1 is 1.36 bits per heavy atom. The molecule has 0 saturated carbocycles. The van der Waals surface area contributed by atoms with Crippen molar-refractivity contribution in [2.75, 3.05) is 6.61 Å². The molecule has 0 aromatic heterocycles. The van der Waals surface area contributed by atoms with Crippen molar-refractivity contribution in [3.05, 3.63) is 34.6 Å². The van der Waals surface area contributed by atoms with Gasteiger partial charge in [0.05, 0.1) is 11.6 Å². The van der Waals surface area contributed by atoms with E-state index in [1.165, 1.54) is 18.2 Å². The number of benzene rings is 1. The Bertz CT molecular complexity index is 319. The number of rotatable bonds is 3. The smallest absolute Gasteiger partial charge is 0.147 e. The van der Waals surface area contributed by atoms with Crippen LogP contribution in [0.1, 0.15) is 11.7 Å². The van der Waals surface area contributed by atoms with Crippen molar-refractivity contribution in [3.8, 4) is 0 Å². The highest BCUT2D eigenvalue weighted by atomic mass is 35.5. The zero-order valence-corrected chi connectivity index (χ0v) is 7.95. The van der Waals surface area contributed by atoms with Crippen LogP contribution >= 0.6 is 11.6 Å². The van der Waals surface area contributed by atoms with E-state index in [4.69, 9.17) is 21.8 Å². The van der Waals surface area contributed by atoms with Gasteiger partial charge in [-0.1, -0.05) is 23.7 Å². The van der Waals surface area contributed by atoms with E-state index in [0.717, 1.165) is 0 Å². The molecule has 14 heavy (non-hydrogen) atoms. The van der Waals surface area contributed by atoms with Crippen LogP contribution in [0, 0.1) is 5.82 Å². The molecule has 0 fully saturated rings. The summed E-state index contributed by atoms with van der Waals surface area (Å²) in [6.45, 7) is -0.646. The van der Waals surface area contributed by atoms with E-state index in [0.29, 0.717) is 0 Å². The largest absolute Gasteiger partial charge is 0.394 e. The number of aliphatic hydroxyl groups excluding tert-OH is 3. The highest BCUT2D eigenvalue weighted by molar-refractivity contribution is 6.30. The second-order valence-corrected chi connectivity index (χ2v) is 3.25. The molecule has 2 atom stereocenters. The molecule has 0 amide bonds. The van der Waals surface area contributed by atoms with Gasteiger partial charge in [0.15, 0.2) is 0 Å². The van der Waals surface area contributed by atoms with E-state index in [-0.39, 0.29) is 10.6 Å². The normalized spacial score (nSPS) is 15.2. The van der Waals surface area contributed by atoms with Crippen molar-refractivity contribution in [2.45, 2.75) is 12.2 Å². The van der Waals surface area contributed by atoms with Crippen LogP contribution in [0.15, 0.2) is 18.2 Å². The van der Waals surface area contributed by atoms with E-state index in [1.807, 2.05) is 0 Å². The van der Waals surface area contributed by atoms with Gasteiger partial charge in [-0.05, 0) is 6.07 Å². The van der Waals surface area contributed by atoms with Gasteiger partial charge in [0.1, 0.15) is 18.0 Å². The maximum absolute atomic E-state index is 13.3. The molecule has 0 aliphatic carbocycles. The topological polar surface area (TPSA) is 60.7 Å². The summed E-state index contributed by atoms with van der Waals surface area (Å²) in [5, 5.41) is 26.9. The highest BCUT2D eigenvalue weighted by Crippen LogP contribution is 2.25. The highest BCUT2D eigenvalue weighted by Gasteiger charge is 2.21. The molecule has 5 heteroatoms. The van der Waals surface area contributed by atoms with Crippen LogP contribution in [0.5, 0.6) is 0 Å². The summed E-state index contributed by atoms with van der Waals surface area (Å²) in [7, 11) is 0. The lowest BCUT2D eigenvalue weighted by Crippen LogP contribution is -2.22. The van der Waals surface area contributed by atoms with E-state index < -0.39 is 24.6 Å². The predicted octanol–water partition coefficient (Wildman–Crippen LogP) is 0.866. The second kappa shape index (κ2) is 4.70. The predicted molar refractivity (Wildman–Crippen MR) is 49.5 cm³/mol. The standard InChI is InChI=1S/C9H10ClFO3/c10-6-3-1-2-5(8(6)11)9(14)7(13)4-12/h1-3,7,9,12-14H,4H2. The van der Waals surface area contributed by atoms with Gasteiger partial charge in [0.2, 0.25) is 0 Å². The van der Waals surface area contributed by atoms with Gasteiger partial charge in [-0.15, -0.1) is 0 Å². The Balaban J connectivity index is 3.01. The summed E-state index contributed by atoms with van der Waals surface area (Å²) in [5.41, 5.74) is -0.126. The summed E-state index contributed by atoms with van der Waals surface area (Å²) in [6, 6.07) is 4.08. The summed E-state index contributed by atoms with van der Waals surface area (Å²) in [5.74, 6) is -0.783. The lowest BCUT2D eigenvalue weighted by molar-refractivity contribution is -0.0168. The van der Waals surface area contributed by atoms with Crippen molar-refractivity contribution < 1.29 is 19.7 Å². The fraction of sp³-hybridized carbons (Fsp3) is 0.333. The molecule has 2 unspecified atom stereocenters. The van der Waals surface area contributed by atoms with Gasteiger partial charge >= 0.3 is 0 Å². The molecule has 0 saturated heterocycles. The van der Waals surface area contributed by atoms with Crippen LogP contribution in [0.3, 0.4) is 0 Å². The lowest BCUT2D eigenvalue weighted by Gasteiger charge is -2.16. The molecular formula is C9H10ClFO3. The zero-order valence-electron chi connectivity index (χ0n) is 7.19. The van der Waals surface area contributed by atoms with Crippen LogP contribution in [0.2, 0.25) is 5.02 Å². The zero-order chi connectivity index (χ0) is 10.7. The van der Waals surface area contributed by atoms with Gasteiger partial charge < -0.3 is 15.3 Å². The first kappa shape index (κ1) is 11.4. The number of halogens is 2. The second-order valence-electron chi connectivity index (χ2n) is 2.84. The molecule has 78 valence electrons. The van der Waals surface area contributed by atoms with Crippen molar-refractivity contribution in [1.82, 2.24) is 0 Å². The lowest BCUT2D eigenvalue weighted by atomic mass is 10.0.